The van der Waals surface area contributed by atoms with Crippen LogP contribution in [0.2, 0.25) is 0 Å². The molecular weight excluding hydrogens is 228 g/mol. The average molecular weight is 248 g/mol. The van der Waals surface area contributed by atoms with Gasteiger partial charge >= 0.3 is 0 Å². The minimum Gasteiger partial charge on any atom is -0.485 e. The van der Waals surface area contributed by atoms with Gasteiger partial charge in [-0.05, 0) is 24.0 Å². The topological polar surface area (TPSA) is 35.5 Å². The van der Waals surface area contributed by atoms with Crippen LogP contribution >= 0.6 is 0 Å². The first-order valence-corrected chi connectivity index (χ1v) is 6.37. The van der Waals surface area contributed by atoms with E-state index in [1.165, 1.54) is 0 Å². The van der Waals surface area contributed by atoms with Crippen LogP contribution in [0, 0.1) is 5.41 Å². The van der Waals surface area contributed by atoms with E-state index < -0.39 is 6.10 Å². The van der Waals surface area contributed by atoms with Crippen LogP contribution in [-0.2, 0) is 4.79 Å². The number of Topliss-reactive ketones (excluding diaryl/α,β-unsaturated/α-hetero) is 1. The van der Waals surface area contributed by atoms with Crippen molar-refractivity contribution in [3.8, 4) is 11.5 Å². The zero-order valence-corrected chi connectivity index (χ0v) is 11.2. The molecule has 3 heteroatoms. The average Bonchev–Trinajstić information content (AvgIpc) is 2.34. The van der Waals surface area contributed by atoms with Crippen molar-refractivity contribution in [2.45, 2.75) is 39.7 Å². The van der Waals surface area contributed by atoms with Gasteiger partial charge in [0.05, 0.1) is 0 Å². The Hall–Kier alpha value is -1.51. The van der Waals surface area contributed by atoms with Crippen LogP contribution in [0.1, 0.15) is 33.6 Å². The molecular formula is C15H20O3. The molecule has 0 N–H and O–H groups in total. The van der Waals surface area contributed by atoms with E-state index in [1.54, 1.807) is 0 Å². The summed E-state index contributed by atoms with van der Waals surface area (Å²) in [5.74, 6) is 1.51. The van der Waals surface area contributed by atoms with Crippen molar-refractivity contribution < 1.29 is 14.3 Å². The molecule has 1 aromatic rings. The van der Waals surface area contributed by atoms with E-state index in [1.807, 2.05) is 24.3 Å². The Kier molecular flexibility index (Phi) is 3.60. The number of carbonyl (C=O) groups excluding carboxylic acids is 1. The lowest BCUT2D eigenvalue weighted by molar-refractivity contribution is -0.128. The molecule has 1 unspecified atom stereocenters. The fourth-order valence-corrected chi connectivity index (χ4v) is 1.84. The van der Waals surface area contributed by atoms with E-state index in [4.69, 9.17) is 9.47 Å². The fourth-order valence-electron chi connectivity index (χ4n) is 1.84. The summed E-state index contributed by atoms with van der Waals surface area (Å²) in [6.45, 7) is 6.72. The number of para-hydroxylation sites is 2. The third-order valence-electron chi connectivity index (χ3n) is 2.99. The molecule has 0 bridgehead atoms. The Morgan fingerprint density at radius 2 is 1.94 bits per heavy atom. The highest BCUT2D eigenvalue weighted by Gasteiger charge is 2.27. The molecule has 1 aromatic carbocycles. The highest BCUT2D eigenvalue weighted by molar-refractivity contribution is 5.84. The van der Waals surface area contributed by atoms with Gasteiger partial charge in [-0.3, -0.25) is 4.79 Å². The molecule has 0 saturated heterocycles. The second kappa shape index (κ2) is 5.01. The van der Waals surface area contributed by atoms with Crippen LogP contribution in [-0.4, -0.2) is 18.5 Å². The third-order valence-corrected chi connectivity index (χ3v) is 2.99. The van der Waals surface area contributed by atoms with Crippen molar-refractivity contribution in [1.29, 1.82) is 0 Å². The number of ketones is 1. The lowest BCUT2D eigenvalue weighted by Gasteiger charge is -2.26. The highest BCUT2D eigenvalue weighted by atomic mass is 16.6. The molecule has 18 heavy (non-hydrogen) atoms. The highest BCUT2D eigenvalue weighted by Crippen LogP contribution is 2.31. The van der Waals surface area contributed by atoms with Gasteiger partial charge in [-0.15, -0.1) is 0 Å². The molecule has 1 atom stereocenters. The van der Waals surface area contributed by atoms with Crippen LogP contribution in [0.4, 0.5) is 0 Å². The standard InChI is InChI=1S/C15H20O3/c1-15(2,3)9-8-11(16)14-10-17-12-6-4-5-7-13(12)18-14/h4-7,14H,8-10H2,1-3H3. The molecule has 2 rings (SSSR count). The number of hydrogen-bond acceptors (Lipinski definition) is 3. The van der Waals surface area contributed by atoms with Gasteiger partial charge in [0, 0.05) is 6.42 Å². The number of ether oxygens (including phenoxy) is 2. The van der Waals surface area contributed by atoms with Gasteiger partial charge in [-0.25, -0.2) is 0 Å². The van der Waals surface area contributed by atoms with Crippen LogP contribution in [0.3, 0.4) is 0 Å². The molecule has 3 nitrogen and oxygen atoms in total. The fraction of sp³-hybridized carbons (Fsp3) is 0.533. The minimum atomic E-state index is -0.456. The quantitative estimate of drug-likeness (QED) is 0.824. The van der Waals surface area contributed by atoms with Crippen molar-refractivity contribution in [3.05, 3.63) is 24.3 Å². The van der Waals surface area contributed by atoms with Crippen molar-refractivity contribution in [3.63, 3.8) is 0 Å². The van der Waals surface area contributed by atoms with Gasteiger partial charge in [0.15, 0.2) is 23.4 Å². The van der Waals surface area contributed by atoms with Crippen molar-refractivity contribution >= 4 is 5.78 Å². The maximum absolute atomic E-state index is 12.0. The maximum Gasteiger partial charge on any atom is 0.190 e. The number of benzene rings is 1. The largest absolute Gasteiger partial charge is 0.485 e. The smallest absolute Gasteiger partial charge is 0.190 e. The molecule has 1 heterocycles. The van der Waals surface area contributed by atoms with Gasteiger partial charge in [0.25, 0.3) is 0 Å². The third kappa shape index (κ3) is 3.25. The number of fused-ring (bicyclic) bond motifs is 1. The molecule has 1 aliphatic heterocycles. The van der Waals surface area contributed by atoms with Gasteiger partial charge in [0.2, 0.25) is 0 Å². The molecule has 0 saturated carbocycles. The summed E-state index contributed by atoms with van der Waals surface area (Å²) in [5, 5.41) is 0. The summed E-state index contributed by atoms with van der Waals surface area (Å²) in [7, 11) is 0. The predicted octanol–water partition coefficient (Wildman–Crippen LogP) is 3.22. The van der Waals surface area contributed by atoms with Gasteiger partial charge in [0.1, 0.15) is 6.61 Å². The molecule has 0 aliphatic carbocycles. The molecule has 0 fully saturated rings. The zero-order chi connectivity index (χ0) is 13.2. The van der Waals surface area contributed by atoms with Crippen LogP contribution in [0.15, 0.2) is 24.3 Å². The van der Waals surface area contributed by atoms with Crippen LogP contribution in [0.25, 0.3) is 0 Å². The molecule has 0 aromatic heterocycles. The number of rotatable bonds is 3. The number of hydrogen-bond donors (Lipinski definition) is 0. The van der Waals surface area contributed by atoms with E-state index >= 15 is 0 Å². The predicted molar refractivity (Wildman–Crippen MR) is 70.0 cm³/mol. The SMILES string of the molecule is CC(C)(C)CCC(=O)C1COc2ccccc2O1. The van der Waals surface area contributed by atoms with Crippen molar-refractivity contribution in [2.24, 2.45) is 5.41 Å². The second-order valence-electron chi connectivity index (χ2n) is 5.89. The van der Waals surface area contributed by atoms with Crippen molar-refractivity contribution in [2.75, 3.05) is 6.61 Å². The lowest BCUT2D eigenvalue weighted by Crippen LogP contribution is -2.36. The van der Waals surface area contributed by atoms with Crippen LogP contribution in [0.5, 0.6) is 11.5 Å². The normalized spacial score (nSPS) is 18.5. The van der Waals surface area contributed by atoms with Gasteiger partial charge < -0.3 is 9.47 Å². The summed E-state index contributed by atoms with van der Waals surface area (Å²) < 4.78 is 11.2. The van der Waals surface area contributed by atoms with Crippen LogP contribution < -0.4 is 9.47 Å². The Morgan fingerprint density at radius 1 is 1.28 bits per heavy atom. The summed E-state index contributed by atoms with van der Waals surface area (Å²) >= 11 is 0. The monoisotopic (exact) mass is 248 g/mol. The van der Waals surface area contributed by atoms with E-state index in [0.29, 0.717) is 18.8 Å². The van der Waals surface area contributed by atoms with Gasteiger partial charge in [-0.1, -0.05) is 32.9 Å². The van der Waals surface area contributed by atoms with E-state index in [0.717, 1.165) is 12.2 Å². The Labute approximate surface area is 108 Å². The molecule has 0 radical (unpaired) electrons. The van der Waals surface area contributed by atoms with E-state index in [9.17, 15) is 4.79 Å². The Morgan fingerprint density at radius 3 is 2.61 bits per heavy atom. The molecule has 0 spiro atoms. The first-order valence-electron chi connectivity index (χ1n) is 6.37. The summed E-state index contributed by atoms with van der Waals surface area (Å²) in [6.07, 6.45) is 0.954. The summed E-state index contributed by atoms with van der Waals surface area (Å²) in [5.41, 5.74) is 0.170. The molecule has 98 valence electrons. The van der Waals surface area contributed by atoms with Crippen molar-refractivity contribution in [1.82, 2.24) is 0 Å². The maximum atomic E-state index is 12.0. The zero-order valence-electron chi connectivity index (χ0n) is 11.2. The summed E-state index contributed by atoms with van der Waals surface area (Å²) in [6, 6.07) is 7.46. The first-order chi connectivity index (χ1) is 8.46. The second-order valence-corrected chi connectivity index (χ2v) is 5.89. The summed E-state index contributed by atoms with van der Waals surface area (Å²) in [4.78, 5) is 12.0. The Balaban J connectivity index is 1.95. The molecule has 1 aliphatic rings. The van der Waals surface area contributed by atoms with E-state index in [2.05, 4.69) is 20.8 Å². The molecule has 0 amide bonds. The minimum absolute atomic E-state index is 0.124. The number of carbonyl (C=O) groups is 1. The Bertz CT molecular complexity index is 432. The van der Waals surface area contributed by atoms with Gasteiger partial charge in [-0.2, -0.15) is 0 Å². The van der Waals surface area contributed by atoms with E-state index in [-0.39, 0.29) is 11.2 Å². The first kappa shape index (κ1) is 12.9. The lowest BCUT2D eigenvalue weighted by atomic mass is 9.89.